The van der Waals surface area contributed by atoms with Crippen LogP contribution in [0.4, 0.5) is 5.69 Å². The van der Waals surface area contributed by atoms with Crippen molar-refractivity contribution in [1.82, 2.24) is 10.2 Å². The molecule has 1 heterocycles. The van der Waals surface area contributed by atoms with E-state index >= 15 is 0 Å². The number of thioether (sulfide) groups is 1. The van der Waals surface area contributed by atoms with Gasteiger partial charge in [-0.1, -0.05) is 23.9 Å². The summed E-state index contributed by atoms with van der Waals surface area (Å²) >= 11 is 1.31. The molecule has 0 atom stereocenters. The largest absolute Gasteiger partial charge is 0.415 e. The van der Waals surface area contributed by atoms with Crippen molar-refractivity contribution in [3.63, 3.8) is 0 Å². The summed E-state index contributed by atoms with van der Waals surface area (Å²) in [5.74, 6) is 0.894. The monoisotopic (exact) mass is 266 g/mol. The summed E-state index contributed by atoms with van der Waals surface area (Å²) in [5.41, 5.74) is 6.23. The number of nitro groups is 1. The number of non-ortho nitro benzene ring substituents is 1. The molecular formula is C10H10N4O3S. The van der Waals surface area contributed by atoms with Crippen LogP contribution in [0.25, 0.3) is 0 Å². The topological polar surface area (TPSA) is 108 Å². The van der Waals surface area contributed by atoms with Crippen LogP contribution in [0.1, 0.15) is 11.5 Å². The Balaban J connectivity index is 2.01. The highest BCUT2D eigenvalue weighted by Crippen LogP contribution is 2.23. The quantitative estimate of drug-likeness (QED) is 0.498. The van der Waals surface area contributed by atoms with Gasteiger partial charge in [0.05, 0.1) is 11.5 Å². The maximum atomic E-state index is 10.6. The maximum Gasteiger partial charge on any atom is 0.276 e. The minimum absolute atomic E-state index is 0.0706. The zero-order valence-electron chi connectivity index (χ0n) is 9.28. The SMILES string of the molecule is NCc1nnc(SCc2cccc([N+](=O)[O-])c2)o1. The third kappa shape index (κ3) is 3.05. The number of aromatic nitrogens is 2. The van der Waals surface area contributed by atoms with Crippen LogP contribution in [0.3, 0.4) is 0 Å². The van der Waals surface area contributed by atoms with Gasteiger partial charge < -0.3 is 10.2 Å². The summed E-state index contributed by atoms with van der Waals surface area (Å²) < 4.78 is 5.21. The van der Waals surface area contributed by atoms with Gasteiger partial charge in [0, 0.05) is 17.9 Å². The summed E-state index contributed by atoms with van der Waals surface area (Å²) in [6.07, 6.45) is 0. The standard InChI is InChI=1S/C10H10N4O3S/c11-5-9-12-13-10(17-9)18-6-7-2-1-3-8(4-7)14(15)16/h1-4H,5-6,11H2. The van der Waals surface area contributed by atoms with E-state index in [-0.39, 0.29) is 12.2 Å². The van der Waals surface area contributed by atoms with E-state index in [0.717, 1.165) is 5.56 Å². The molecule has 0 unspecified atom stereocenters. The second kappa shape index (κ2) is 5.61. The van der Waals surface area contributed by atoms with Gasteiger partial charge in [0.25, 0.3) is 10.9 Å². The zero-order chi connectivity index (χ0) is 13.0. The summed E-state index contributed by atoms with van der Waals surface area (Å²) in [7, 11) is 0. The average Bonchev–Trinajstić information content (AvgIpc) is 2.84. The normalized spacial score (nSPS) is 10.5. The third-order valence-corrected chi connectivity index (χ3v) is 3.00. The fraction of sp³-hybridized carbons (Fsp3) is 0.200. The molecule has 0 saturated carbocycles. The van der Waals surface area contributed by atoms with Crippen molar-refractivity contribution in [2.45, 2.75) is 17.5 Å². The Morgan fingerprint density at radius 3 is 2.94 bits per heavy atom. The fourth-order valence-corrected chi connectivity index (χ4v) is 2.01. The lowest BCUT2D eigenvalue weighted by Crippen LogP contribution is -1.95. The number of hydrogen-bond acceptors (Lipinski definition) is 7. The van der Waals surface area contributed by atoms with Crippen LogP contribution in [0, 0.1) is 10.1 Å². The van der Waals surface area contributed by atoms with E-state index < -0.39 is 4.92 Å². The Bertz CT molecular complexity index is 558. The van der Waals surface area contributed by atoms with Gasteiger partial charge in [-0.25, -0.2) is 0 Å². The van der Waals surface area contributed by atoms with Gasteiger partial charge in [-0.05, 0) is 5.56 Å². The smallest absolute Gasteiger partial charge is 0.276 e. The van der Waals surface area contributed by atoms with Crippen molar-refractivity contribution < 1.29 is 9.34 Å². The molecule has 0 radical (unpaired) electrons. The van der Waals surface area contributed by atoms with E-state index in [4.69, 9.17) is 10.2 Å². The molecule has 0 fully saturated rings. The molecule has 2 rings (SSSR count). The van der Waals surface area contributed by atoms with E-state index in [1.54, 1.807) is 12.1 Å². The first-order valence-corrected chi connectivity index (χ1v) is 6.06. The first-order valence-electron chi connectivity index (χ1n) is 5.07. The number of hydrogen-bond donors (Lipinski definition) is 1. The third-order valence-electron chi connectivity index (χ3n) is 2.11. The molecule has 1 aromatic heterocycles. The number of benzene rings is 1. The maximum absolute atomic E-state index is 10.6. The van der Waals surface area contributed by atoms with Crippen molar-refractivity contribution in [3.8, 4) is 0 Å². The van der Waals surface area contributed by atoms with Crippen LogP contribution in [0.5, 0.6) is 0 Å². The zero-order valence-corrected chi connectivity index (χ0v) is 10.1. The van der Waals surface area contributed by atoms with E-state index in [0.29, 0.717) is 16.9 Å². The molecule has 0 spiro atoms. The average molecular weight is 266 g/mol. The van der Waals surface area contributed by atoms with Gasteiger partial charge in [0.1, 0.15) is 0 Å². The Hall–Kier alpha value is -1.93. The van der Waals surface area contributed by atoms with Crippen LogP contribution >= 0.6 is 11.8 Å². The van der Waals surface area contributed by atoms with Crippen molar-refractivity contribution in [3.05, 3.63) is 45.8 Å². The molecule has 2 aromatic rings. The lowest BCUT2D eigenvalue weighted by atomic mass is 10.2. The highest BCUT2D eigenvalue weighted by atomic mass is 32.2. The molecule has 0 aliphatic heterocycles. The summed E-state index contributed by atoms with van der Waals surface area (Å²) in [6, 6.07) is 6.42. The molecule has 7 nitrogen and oxygen atoms in total. The van der Waals surface area contributed by atoms with Crippen LogP contribution in [-0.2, 0) is 12.3 Å². The molecule has 94 valence electrons. The molecule has 2 N–H and O–H groups in total. The molecule has 0 bridgehead atoms. The molecule has 18 heavy (non-hydrogen) atoms. The molecule has 0 aliphatic rings. The highest BCUT2D eigenvalue weighted by Gasteiger charge is 2.08. The Kier molecular flexibility index (Phi) is 3.90. The minimum Gasteiger partial charge on any atom is -0.415 e. The first kappa shape index (κ1) is 12.5. The first-order chi connectivity index (χ1) is 8.69. The Morgan fingerprint density at radius 2 is 2.28 bits per heavy atom. The number of nitrogens with two attached hydrogens (primary N) is 1. The van der Waals surface area contributed by atoms with Crippen LogP contribution < -0.4 is 5.73 Å². The molecule has 1 aromatic carbocycles. The number of rotatable bonds is 5. The second-order valence-electron chi connectivity index (χ2n) is 3.38. The predicted molar refractivity (Wildman–Crippen MR) is 64.8 cm³/mol. The molecule has 0 saturated heterocycles. The van der Waals surface area contributed by atoms with Crippen molar-refractivity contribution in [2.24, 2.45) is 5.73 Å². The summed E-state index contributed by atoms with van der Waals surface area (Å²) in [6.45, 7) is 0.199. The van der Waals surface area contributed by atoms with Crippen LogP contribution in [0.2, 0.25) is 0 Å². The van der Waals surface area contributed by atoms with Crippen molar-refractivity contribution in [1.29, 1.82) is 0 Å². The molecule has 0 aliphatic carbocycles. The van der Waals surface area contributed by atoms with E-state index in [2.05, 4.69) is 10.2 Å². The van der Waals surface area contributed by atoms with Gasteiger partial charge in [0.2, 0.25) is 5.89 Å². The fourth-order valence-electron chi connectivity index (χ4n) is 1.28. The van der Waals surface area contributed by atoms with E-state index in [9.17, 15) is 10.1 Å². The van der Waals surface area contributed by atoms with Crippen LogP contribution in [0.15, 0.2) is 33.9 Å². The van der Waals surface area contributed by atoms with E-state index in [1.165, 1.54) is 23.9 Å². The predicted octanol–water partition coefficient (Wildman–Crippen LogP) is 1.73. The Morgan fingerprint density at radius 1 is 1.44 bits per heavy atom. The minimum atomic E-state index is -0.423. The van der Waals surface area contributed by atoms with Gasteiger partial charge in [-0.15, -0.1) is 10.2 Å². The molecule has 0 amide bonds. The van der Waals surface area contributed by atoms with Gasteiger partial charge in [0.15, 0.2) is 0 Å². The molecule has 8 heteroatoms. The Labute approximate surface area is 107 Å². The summed E-state index contributed by atoms with van der Waals surface area (Å²) in [4.78, 5) is 10.2. The number of nitrogens with zero attached hydrogens (tertiary/aromatic N) is 3. The lowest BCUT2D eigenvalue weighted by Gasteiger charge is -1.98. The van der Waals surface area contributed by atoms with Gasteiger partial charge >= 0.3 is 0 Å². The summed E-state index contributed by atoms with van der Waals surface area (Å²) in [5, 5.41) is 18.5. The van der Waals surface area contributed by atoms with Gasteiger partial charge in [-0.3, -0.25) is 10.1 Å². The molecular weight excluding hydrogens is 256 g/mol. The van der Waals surface area contributed by atoms with Gasteiger partial charge in [-0.2, -0.15) is 0 Å². The van der Waals surface area contributed by atoms with Crippen molar-refractivity contribution in [2.75, 3.05) is 0 Å². The van der Waals surface area contributed by atoms with Crippen LogP contribution in [-0.4, -0.2) is 15.1 Å². The van der Waals surface area contributed by atoms with E-state index in [1.807, 2.05) is 0 Å². The number of nitro benzene ring substituents is 1. The lowest BCUT2D eigenvalue weighted by molar-refractivity contribution is -0.384. The highest BCUT2D eigenvalue weighted by molar-refractivity contribution is 7.98. The van der Waals surface area contributed by atoms with Crippen molar-refractivity contribution >= 4 is 17.4 Å². The second-order valence-corrected chi connectivity index (χ2v) is 4.31.